The van der Waals surface area contributed by atoms with Gasteiger partial charge in [-0.05, 0) is 25.3 Å². The molecule has 2 aliphatic rings. The summed E-state index contributed by atoms with van der Waals surface area (Å²) in [5, 5.41) is 20.6. The summed E-state index contributed by atoms with van der Waals surface area (Å²) in [6.45, 7) is 2.64. The van der Waals surface area contributed by atoms with Crippen LogP contribution in [0.25, 0.3) is 0 Å². The van der Waals surface area contributed by atoms with E-state index in [1.807, 2.05) is 24.3 Å². The molecule has 3 rings (SSSR count). The fourth-order valence-electron chi connectivity index (χ4n) is 4.07. The van der Waals surface area contributed by atoms with Crippen molar-refractivity contribution in [3.8, 4) is 18.1 Å². The summed E-state index contributed by atoms with van der Waals surface area (Å²) >= 11 is 0. The molecule has 1 fully saturated rings. The highest BCUT2D eigenvalue weighted by atomic mass is 16.5. The van der Waals surface area contributed by atoms with Gasteiger partial charge in [0.25, 0.3) is 6.47 Å². The van der Waals surface area contributed by atoms with E-state index >= 15 is 0 Å². The zero-order valence-electron chi connectivity index (χ0n) is 15.5. The molecule has 1 aromatic rings. The molecule has 1 aromatic carbocycles. The predicted octanol–water partition coefficient (Wildman–Crippen LogP) is 2.20. The molecule has 5 nitrogen and oxygen atoms in total. The Morgan fingerprint density at radius 2 is 2.30 bits per heavy atom. The number of hydrogen-bond donors (Lipinski definition) is 2. The van der Waals surface area contributed by atoms with Crippen LogP contribution < -0.4 is 4.74 Å². The van der Waals surface area contributed by atoms with Gasteiger partial charge in [-0.3, -0.25) is 4.79 Å². The third-order valence-corrected chi connectivity index (χ3v) is 5.57. The first-order chi connectivity index (χ1) is 13.1. The minimum atomic E-state index is -0.729. The van der Waals surface area contributed by atoms with Gasteiger partial charge in [-0.25, -0.2) is 0 Å². The van der Waals surface area contributed by atoms with Crippen molar-refractivity contribution in [1.82, 2.24) is 0 Å². The lowest BCUT2D eigenvalue weighted by Gasteiger charge is -2.18. The molecule has 1 aliphatic carbocycles. The van der Waals surface area contributed by atoms with Crippen LogP contribution in [-0.4, -0.2) is 41.6 Å². The van der Waals surface area contributed by atoms with Crippen molar-refractivity contribution in [2.45, 2.75) is 50.4 Å². The molecule has 2 N–H and O–H groups in total. The van der Waals surface area contributed by atoms with Crippen molar-refractivity contribution in [1.29, 1.82) is 0 Å². The van der Waals surface area contributed by atoms with E-state index in [2.05, 4.69) is 5.92 Å². The summed E-state index contributed by atoms with van der Waals surface area (Å²) in [4.78, 5) is 10.3. The molecule has 0 saturated heterocycles. The van der Waals surface area contributed by atoms with Gasteiger partial charge in [0.2, 0.25) is 0 Å². The van der Waals surface area contributed by atoms with Gasteiger partial charge in [0, 0.05) is 29.7 Å². The van der Waals surface area contributed by atoms with Gasteiger partial charge in [-0.1, -0.05) is 30.4 Å². The first kappa shape index (κ1) is 19.5. The number of aryl methyl sites for hydroxylation is 1. The Labute approximate surface area is 160 Å². The molecule has 0 radical (unpaired) electrons. The summed E-state index contributed by atoms with van der Waals surface area (Å²) in [6.07, 6.45) is 9.69. The molecule has 0 bridgehead atoms. The molecule has 144 valence electrons. The number of aliphatic hydroxyl groups is 2. The second kappa shape index (κ2) is 8.60. The first-order valence-electron chi connectivity index (χ1n) is 9.41. The zero-order chi connectivity index (χ0) is 19.4. The molecule has 1 heterocycles. The molecular formula is C22H26O5. The van der Waals surface area contributed by atoms with E-state index in [0.717, 1.165) is 29.7 Å². The number of hydrogen-bond acceptors (Lipinski definition) is 5. The van der Waals surface area contributed by atoms with Crippen molar-refractivity contribution in [2.75, 3.05) is 6.61 Å². The van der Waals surface area contributed by atoms with Gasteiger partial charge in [-0.15, -0.1) is 12.3 Å². The van der Waals surface area contributed by atoms with Gasteiger partial charge in [0.05, 0.1) is 18.8 Å². The van der Waals surface area contributed by atoms with Crippen LogP contribution in [0.2, 0.25) is 0 Å². The minimum Gasteiger partial charge on any atom is -0.489 e. The summed E-state index contributed by atoms with van der Waals surface area (Å²) in [5.74, 6) is 3.08. The standard InChI is InChI=1S/C22H26O5/c1-3-14(2)18(24)10-9-16-19(25)12-20-21(16)17-8-4-6-15(22(17)27-20)7-5-11-26-13-23/h1,4,6,8-10,13-14,16,18-21,24-25H,5,7,11-12H2,2H3/t14?,16-,18+,19?,20?,21?/m0/s1. The maximum absolute atomic E-state index is 10.5. The monoisotopic (exact) mass is 370 g/mol. The molecule has 6 atom stereocenters. The maximum Gasteiger partial charge on any atom is 0.293 e. The zero-order valence-corrected chi connectivity index (χ0v) is 15.5. The van der Waals surface area contributed by atoms with E-state index < -0.39 is 12.2 Å². The number of ether oxygens (including phenoxy) is 2. The maximum atomic E-state index is 10.5. The number of carbonyl (C=O) groups excluding carboxylic acids is 1. The Hall–Kier alpha value is -2.29. The van der Waals surface area contributed by atoms with Gasteiger partial charge in [0.15, 0.2) is 0 Å². The van der Waals surface area contributed by atoms with E-state index in [-0.39, 0.29) is 23.9 Å². The number of terminal acetylenes is 1. The van der Waals surface area contributed by atoms with Crippen molar-refractivity contribution in [2.24, 2.45) is 11.8 Å². The summed E-state index contributed by atoms with van der Waals surface area (Å²) < 4.78 is 11.0. The lowest BCUT2D eigenvalue weighted by Crippen LogP contribution is -2.18. The van der Waals surface area contributed by atoms with Crippen LogP contribution in [-0.2, 0) is 16.0 Å². The van der Waals surface area contributed by atoms with Gasteiger partial charge in [0.1, 0.15) is 11.9 Å². The fraction of sp³-hybridized carbons (Fsp3) is 0.500. The first-order valence-corrected chi connectivity index (χ1v) is 9.41. The van der Waals surface area contributed by atoms with Crippen molar-refractivity contribution in [3.63, 3.8) is 0 Å². The predicted molar refractivity (Wildman–Crippen MR) is 101 cm³/mol. The topological polar surface area (TPSA) is 76.0 Å². The van der Waals surface area contributed by atoms with Crippen molar-refractivity contribution >= 4 is 6.47 Å². The summed E-state index contributed by atoms with van der Waals surface area (Å²) in [7, 11) is 0. The molecule has 4 unspecified atom stereocenters. The van der Waals surface area contributed by atoms with Crippen LogP contribution in [0.1, 0.15) is 36.8 Å². The molecule has 5 heteroatoms. The van der Waals surface area contributed by atoms with E-state index in [0.29, 0.717) is 19.5 Å². The Bertz CT molecular complexity index is 735. The van der Waals surface area contributed by atoms with Crippen molar-refractivity contribution in [3.05, 3.63) is 41.5 Å². The number of benzene rings is 1. The molecule has 0 aromatic heterocycles. The highest BCUT2D eigenvalue weighted by Crippen LogP contribution is 2.52. The molecule has 0 amide bonds. The SMILES string of the molecule is C#CC(C)[C@H](O)C=C[C@H]1C(O)CC2Oc3c(CCCOC=O)cccc3C21. The van der Waals surface area contributed by atoms with Crippen LogP contribution in [0, 0.1) is 24.2 Å². The molecule has 0 spiro atoms. The largest absolute Gasteiger partial charge is 0.489 e. The van der Waals surface area contributed by atoms with Crippen LogP contribution in [0.4, 0.5) is 0 Å². The number of para-hydroxylation sites is 1. The number of carbonyl (C=O) groups is 1. The summed E-state index contributed by atoms with van der Waals surface area (Å²) in [5.41, 5.74) is 2.19. The lowest BCUT2D eigenvalue weighted by molar-refractivity contribution is -0.128. The highest BCUT2D eigenvalue weighted by molar-refractivity contribution is 5.49. The van der Waals surface area contributed by atoms with Crippen LogP contribution in [0.3, 0.4) is 0 Å². The van der Waals surface area contributed by atoms with Gasteiger partial charge < -0.3 is 19.7 Å². The molecule has 1 aliphatic heterocycles. The van der Waals surface area contributed by atoms with Crippen LogP contribution >= 0.6 is 0 Å². The average molecular weight is 370 g/mol. The minimum absolute atomic E-state index is 0.0609. The quantitative estimate of drug-likeness (QED) is 0.318. The fourth-order valence-corrected chi connectivity index (χ4v) is 4.07. The Balaban J connectivity index is 1.77. The van der Waals surface area contributed by atoms with Crippen LogP contribution in [0.5, 0.6) is 5.75 Å². The summed E-state index contributed by atoms with van der Waals surface area (Å²) in [6, 6.07) is 6.08. The number of aliphatic hydroxyl groups excluding tert-OH is 2. The number of fused-ring (bicyclic) bond motifs is 3. The van der Waals surface area contributed by atoms with E-state index in [1.165, 1.54) is 0 Å². The Morgan fingerprint density at radius 1 is 1.48 bits per heavy atom. The molecule has 1 saturated carbocycles. The van der Waals surface area contributed by atoms with E-state index in [4.69, 9.17) is 15.9 Å². The Morgan fingerprint density at radius 3 is 3.04 bits per heavy atom. The number of rotatable bonds is 8. The normalized spacial score (nSPS) is 28.1. The molecular weight excluding hydrogens is 344 g/mol. The van der Waals surface area contributed by atoms with Crippen molar-refractivity contribution < 1.29 is 24.5 Å². The second-order valence-corrected chi connectivity index (χ2v) is 7.30. The molecule has 27 heavy (non-hydrogen) atoms. The average Bonchev–Trinajstić information content (AvgIpc) is 3.17. The smallest absolute Gasteiger partial charge is 0.293 e. The van der Waals surface area contributed by atoms with Crippen LogP contribution in [0.15, 0.2) is 30.4 Å². The second-order valence-electron chi connectivity index (χ2n) is 7.30. The third-order valence-electron chi connectivity index (χ3n) is 5.57. The van der Waals surface area contributed by atoms with E-state index in [1.54, 1.807) is 13.0 Å². The van der Waals surface area contributed by atoms with Gasteiger partial charge in [-0.2, -0.15) is 0 Å². The van der Waals surface area contributed by atoms with Gasteiger partial charge >= 0.3 is 0 Å². The van der Waals surface area contributed by atoms with E-state index in [9.17, 15) is 15.0 Å². The third kappa shape index (κ3) is 4.02. The lowest BCUT2D eigenvalue weighted by atomic mass is 9.86. The Kier molecular flexibility index (Phi) is 6.20. The highest BCUT2D eigenvalue weighted by Gasteiger charge is 2.48.